The van der Waals surface area contributed by atoms with Crippen LogP contribution < -0.4 is 21.5 Å². The normalized spacial score (nSPS) is 18.0. The van der Waals surface area contributed by atoms with Gasteiger partial charge in [-0.3, -0.25) is 19.4 Å². The van der Waals surface area contributed by atoms with Crippen LogP contribution in [-0.2, 0) is 20.9 Å². The Morgan fingerprint density at radius 2 is 2.03 bits per heavy atom. The van der Waals surface area contributed by atoms with E-state index < -0.39 is 24.0 Å². The number of fused-ring (bicyclic) bond motifs is 2. The lowest BCUT2D eigenvalue weighted by Gasteiger charge is -2.35. The second-order valence-electron chi connectivity index (χ2n) is 8.29. The third-order valence-corrected chi connectivity index (χ3v) is 6.17. The molecule has 0 saturated carbocycles. The van der Waals surface area contributed by atoms with E-state index in [4.69, 9.17) is 10.5 Å². The van der Waals surface area contributed by atoms with E-state index in [1.54, 1.807) is 43.3 Å². The number of morpholine rings is 1. The smallest absolute Gasteiger partial charge is 0.259 e. The molecule has 3 heterocycles. The number of hydrogen-bond acceptors (Lipinski definition) is 7. The topological polar surface area (TPSA) is 150 Å². The molecule has 2 atom stereocenters. The van der Waals surface area contributed by atoms with Gasteiger partial charge in [-0.15, -0.1) is 12.4 Å². The Kier molecular flexibility index (Phi) is 6.62. The fourth-order valence-electron chi connectivity index (χ4n) is 4.36. The van der Waals surface area contributed by atoms with Crippen molar-refractivity contribution in [3.8, 4) is 0 Å². The quantitative estimate of drug-likeness (QED) is 0.425. The number of carbonyl (C=O) groups is 2. The lowest BCUT2D eigenvalue weighted by atomic mass is 10.0. The van der Waals surface area contributed by atoms with Crippen molar-refractivity contribution >= 4 is 52.3 Å². The van der Waals surface area contributed by atoms with Crippen LogP contribution in [0, 0.1) is 6.92 Å². The molecule has 2 aliphatic rings. The number of pyridine rings is 1. The number of anilines is 2. The Hall–Kier alpha value is -3.73. The van der Waals surface area contributed by atoms with E-state index >= 15 is 0 Å². The number of rotatable bonds is 4. The summed E-state index contributed by atoms with van der Waals surface area (Å²) in [4.78, 5) is 46.2. The number of H-pyrrole nitrogens is 1. The van der Waals surface area contributed by atoms with Crippen molar-refractivity contribution < 1.29 is 19.4 Å². The van der Waals surface area contributed by atoms with E-state index in [1.807, 2.05) is 0 Å². The van der Waals surface area contributed by atoms with Crippen LogP contribution in [0.3, 0.4) is 0 Å². The van der Waals surface area contributed by atoms with Gasteiger partial charge in [0.05, 0.1) is 18.7 Å². The molecule has 3 aromatic rings. The molecule has 182 valence electrons. The molecule has 0 aliphatic carbocycles. The standard InChI is InChI=1S/C24H23N5O5.ClH/c1-12-17(6-3-13-4-7-18(30)28-19(12)13)29-8-9-34-21(24(29)33)20(31)23(32)27-15-5-2-14-11-26-22(25)16(14)10-15;/h2-7,10,20-21,31H,8-9,11H2,1H3,(H2,25,26)(H,27,32)(H,28,30);1H/t20-,21-;/m1./s1. The van der Waals surface area contributed by atoms with E-state index in [0.717, 1.165) is 16.5 Å². The maximum absolute atomic E-state index is 13.2. The highest BCUT2D eigenvalue weighted by molar-refractivity contribution is 6.06. The average Bonchev–Trinajstić information content (AvgIpc) is 3.20. The molecule has 0 bridgehead atoms. The molecule has 2 aliphatic heterocycles. The summed E-state index contributed by atoms with van der Waals surface area (Å²) in [6.45, 7) is 2.67. The van der Waals surface area contributed by atoms with Crippen LogP contribution >= 0.6 is 12.4 Å². The van der Waals surface area contributed by atoms with Crippen molar-refractivity contribution in [2.24, 2.45) is 10.7 Å². The molecule has 0 radical (unpaired) electrons. The summed E-state index contributed by atoms with van der Waals surface area (Å²) in [5.74, 6) is -0.923. The van der Waals surface area contributed by atoms with Gasteiger partial charge in [0.25, 0.3) is 11.8 Å². The van der Waals surface area contributed by atoms with Gasteiger partial charge in [-0.25, -0.2) is 0 Å². The number of halogens is 1. The number of carbonyl (C=O) groups excluding carboxylic acids is 2. The number of aliphatic hydroxyl groups excluding tert-OH is 1. The van der Waals surface area contributed by atoms with Gasteiger partial charge in [0.1, 0.15) is 5.84 Å². The first-order valence-corrected chi connectivity index (χ1v) is 10.8. The maximum Gasteiger partial charge on any atom is 0.259 e. The van der Waals surface area contributed by atoms with Crippen LogP contribution in [0.1, 0.15) is 16.7 Å². The van der Waals surface area contributed by atoms with Gasteiger partial charge in [-0.05, 0) is 47.7 Å². The van der Waals surface area contributed by atoms with E-state index in [9.17, 15) is 19.5 Å². The van der Waals surface area contributed by atoms with Crippen molar-refractivity contribution in [2.45, 2.75) is 25.7 Å². The number of aliphatic imine (C=N–C) groups is 1. The summed E-state index contributed by atoms with van der Waals surface area (Å²) in [7, 11) is 0. The number of nitrogens with one attached hydrogen (secondary N) is 2. The Bertz CT molecular complexity index is 1420. The van der Waals surface area contributed by atoms with Gasteiger partial charge in [0.2, 0.25) is 5.56 Å². The summed E-state index contributed by atoms with van der Waals surface area (Å²) >= 11 is 0. The minimum Gasteiger partial charge on any atom is -0.383 e. The first kappa shape index (κ1) is 24.4. The highest BCUT2D eigenvalue weighted by Gasteiger charge is 2.40. The molecule has 0 unspecified atom stereocenters. The Morgan fingerprint density at radius 3 is 2.83 bits per heavy atom. The number of ether oxygens (including phenoxy) is 1. The molecular weight excluding hydrogens is 474 g/mol. The van der Waals surface area contributed by atoms with Gasteiger partial charge in [-0.2, -0.15) is 0 Å². The van der Waals surface area contributed by atoms with E-state index in [-0.39, 0.29) is 31.1 Å². The van der Waals surface area contributed by atoms with Crippen molar-refractivity contribution in [1.82, 2.24) is 4.98 Å². The van der Waals surface area contributed by atoms with Crippen LogP contribution in [-0.4, -0.2) is 53.1 Å². The zero-order chi connectivity index (χ0) is 24.0. The number of nitrogens with zero attached hydrogens (tertiary/aromatic N) is 2. The maximum atomic E-state index is 13.2. The average molecular weight is 498 g/mol. The predicted molar refractivity (Wildman–Crippen MR) is 134 cm³/mol. The summed E-state index contributed by atoms with van der Waals surface area (Å²) in [5.41, 5.74) is 9.64. The molecule has 2 amide bonds. The van der Waals surface area contributed by atoms with Crippen LogP contribution in [0.4, 0.5) is 11.4 Å². The summed E-state index contributed by atoms with van der Waals surface area (Å²) < 4.78 is 5.50. The molecule has 1 saturated heterocycles. The third-order valence-electron chi connectivity index (χ3n) is 6.17. The van der Waals surface area contributed by atoms with Crippen LogP contribution in [0.5, 0.6) is 0 Å². The monoisotopic (exact) mass is 497 g/mol. The van der Waals surface area contributed by atoms with Gasteiger partial charge in [0, 0.05) is 29.5 Å². The van der Waals surface area contributed by atoms with Gasteiger partial charge >= 0.3 is 0 Å². The lowest BCUT2D eigenvalue weighted by Crippen LogP contribution is -2.55. The number of hydrogen-bond donors (Lipinski definition) is 4. The third kappa shape index (κ3) is 4.39. The zero-order valence-corrected chi connectivity index (χ0v) is 19.6. The number of aliphatic hydroxyl groups is 1. The van der Waals surface area contributed by atoms with E-state index in [0.29, 0.717) is 34.8 Å². The summed E-state index contributed by atoms with van der Waals surface area (Å²) in [6.07, 6.45) is -3.10. The predicted octanol–water partition coefficient (Wildman–Crippen LogP) is 1.21. The molecule has 35 heavy (non-hydrogen) atoms. The Morgan fingerprint density at radius 1 is 1.26 bits per heavy atom. The number of nitrogens with two attached hydrogens (primary N) is 1. The second kappa shape index (κ2) is 9.49. The van der Waals surface area contributed by atoms with Crippen LogP contribution in [0.25, 0.3) is 10.9 Å². The summed E-state index contributed by atoms with van der Waals surface area (Å²) in [5, 5.41) is 14.1. The minimum atomic E-state index is -1.73. The first-order valence-electron chi connectivity index (χ1n) is 10.8. The minimum absolute atomic E-state index is 0. The van der Waals surface area contributed by atoms with Crippen molar-refractivity contribution in [3.05, 3.63) is 69.5 Å². The van der Waals surface area contributed by atoms with E-state index in [1.165, 1.54) is 11.0 Å². The molecule has 2 aromatic carbocycles. The highest BCUT2D eigenvalue weighted by atomic mass is 35.5. The molecule has 0 spiro atoms. The lowest BCUT2D eigenvalue weighted by molar-refractivity contribution is -0.150. The Labute approximate surface area is 206 Å². The van der Waals surface area contributed by atoms with Crippen LogP contribution in [0.2, 0.25) is 0 Å². The van der Waals surface area contributed by atoms with Gasteiger partial charge in [-0.1, -0.05) is 12.1 Å². The molecule has 5 N–H and O–H groups in total. The first-order chi connectivity index (χ1) is 16.3. The second-order valence-corrected chi connectivity index (χ2v) is 8.29. The molecule has 11 heteroatoms. The van der Waals surface area contributed by atoms with E-state index in [2.05, 4.69) is 15.3 Å². The van der Waals surface area contributed by atoms with Crippen LogP contribution in [0.15, 0.2) is 52.3 Å². The molecule has 1 fully saturated rings. The number of amides is 2. The van der Waals surface area contributed by atoms with Gasteiger partial charge < -0.3 is 30.8 Å². The fourth-order valence-corrected chi connectivity index (χ4v) is 4.36. The van der Waals surface area contributed by atoms with Crippen molar-refractivity contribution in [2.75, 3.05) is 23.4 Å². The number of benzene rings is 2. The fraction of sp³-hybridized carbons (Fsp3) is 0.250. The van der Waals surface area contributed by atoms with Crippen molar-refractivity contribution in [3.63, 3.8) is 0 Å². The molecular formula is C24H24ClN5O5. The number of amidine groups is 1. The molecule has 1 aromatic heterocycles. The van der Waals surface area contributed by atoms with Gasteiger partial charge in [0.15, 0.2) is 12.2 Å². The molecule has 5 rings (SSSR count). The number of aromatic amines is 1. The number of aryl methyl sites for hydroxylation is 1. The van der Waals surface area contributed by atoms with Crippen molar-refractivity contribution in [1.29, 1.82) is 0 Å². The zero-order valence-electron chi connectivity index (χ0n) is 18.8. The summed E-state index contributed by atoms with van der Waals surface area (Å²) in [6, 6.07) is 11.9. The molecule has 10 nitrogen and oxygen atoms in total. The highest BCUT2D eigenvalue weighted by Crippen LogP contribution is 2.29. The SMILES string of the molecule is Cc1c(N2CCO[C@H]([C@@H](O)C(=O)Nc3ccc4c(c3)C(N)=NC4)C2=O)ccc2ccc(=O)[nH]c12.Cl. The number of aromatic nitrogens is 1. The largest absolute Gasteiger partial charge is 0.383 e. The Balaban J connectivity index is 0.00000289.